The van der Waals surface area contributed by atoms with E-state index in [0.717, 1.165) is 45.2 Å². The first-order valence-corrected chi connectivity index (χ1v) is 10.8. The highest BCUT2D eigenvalue weighted by atomic mass is 32.1. The normalized spacial score (nSPS) is 18.7. The maximum Gasteiger partial charge on any atom is 0.208 e. The molecule has 1 aliphatic heterocycles. The van der Waals surface area contributed by atoms with E-state index in [4.69, 9.17) is 4.74 Å². The molecule has 3 heterocycles. The molecule has 6 nitrogen and oxygen atoms in total. The first-order valence-electron chi connectivity index (χ1n) is 9.97. The van der Waals surface area contributed by atoms with Gasteiger partial charge in [-0.1, -0.05) is 17.4 Å². The number of hydrogen-bond acceptors (Lipinski definition) is 7. The number of hydrogen-bond donors (Lipinski definition) is 1. The van der Waals surface area contributed by atoms with Gasteiger partial charge in [-0.05, 0) is 58.7 Å². The monoisotopic (exact) mass is 411 g/mol. The first kappa shape index (κ1) is 20.0. The Morgan fingerprint density at radius 3 is 2.52 bits per heavy atom. The molecular weight excluding hydrogens is 382 g/mol. The van der Waals surface area contributed by atoms with E-state index < -0.39 is 0 Å². The van der Waals surface area contributed by atoms with Crippen molar-refractivity contribution >= 4 is 27.4 Å². The van der Waals surface area contributed by atoms with E-state index in [-0.39, 0.29) is 11.1 Å². The molecule has 1 aromatic carbocycles. The SMILES string of the molecule is COc1ccc2cccnc2c1-c1nnc(N(C)C2CC(C)(C)NC(C)(C)C2)s1. The zero-order chi connectivity index (χ0) is 20.8. The number of pyridine rings is 1. The number of methoxy groups -OCH3 is 1. The third-order valence-corrected chi connectivity index (χ3v) is 6.63. The highest BCUT2D eigenvalue weighted by Crippen LogP contribution is 2.40. The molecule has 0 saturated carbocycles. The number of benzene rings is 1. The van der Waals surface area contributed by atoms with Crippen LogP contribution in [0.4, 0.5) is 5.13 Å². The molecule has 1 fully saturated rings. The molecule has 7 heteroatoms. The van der Waals surface area contributed by atoms with Crippen LogP contribution >= 0.6 is 11.3 Å². The summed E-state index contributed by atoms with van der Waals surface area (Å²) in [6.45, 7) is 9.08. The Balaban J connectivity index is 1.70. The second kappa shape index (κ2) is 7.22. The molecule has 29 heavy (non-hydrogen) atoms. The minimum absolute atomic E-state index is 0.0803. The van der Waals surface area contributed by atoms with Gasteiger partial charge in [-0.15, -0.1) is 10.2 Å². The molecule has 0 radical (unpaired) electrons. The van der Waals surface area contributed by atoms with Crippen molar-refractivity contribution in [1.82, 2.24) is 20.5 Å². The Morgan fingerprint density at radius 1 is 1.10 bits per heavy atom. The van der Waals surface area contributed by atoms with Gasteiger partial charge in [0.05, 0.1) is 18.2 Å². The van der Waals surface area contributed by atoms with Gasteiger partial charge < -0.3 is 15.0 Å². The molecule has 0 spiro atoms. The lowest BCUT2D eigenvalue weighted by Crippen LogP contribution is -2.61. The van der Waals surface area contributed by atoms with Gasteiger partial charge >= 0.3 is 0 Å². The van der Waals surface area contributed by atoms with Crippen LogP contribution in [0.2, 0.25) is 0 Å². The predicted molar refractivity (Wildman–Crippen MR) is 120 cm³/mol. The van der Waals surface area contributed by atoms with Gasteiger partial charge in [0.25, 0.3) is 0 Å². The van der Waals surface area contributed by atoms with E-state index in [1.54, 1.807) is 24.6 Å². The third-order valence-electron chi connectivity index (χ3n) is 5.60. The fraction of sp³-hybridized carbons (Fsp3) is 0.500. The van der Waals surface area contributed by atoms with Crippen molar-refractivity contribution in [3.8, 4) is 16.3 Å². The average Bonchev–Trinajstić information content (AvgIpc) is 3.13. The van der Waals surface area contributed by atoms with Crippen molar-refractivity contribution in [2.75, 3.05) is 19.1 Å². The van der Waals surface area contributed by atoms with Crippen LogP contribution in [-0.2, 0) is 0 Å². The number of fused-ring (bicyclic) bond motifs is 1. The number of piperidine rings is 1. The molecule has 3 aromatic rings. The van der Waals surface area contributed by atoms with Crippen molar-refractivity contribution in [3.63, 3.8) is 0 Å². The minimum atomic E-state index is 0.0803. The van der Waals surface area contributed by atoms with Crippen LogP contribution in [0.1, 0.15) is 40.5 Å². The number of rotatable bonds is 4. The lowest BCUT2D eigenvalue weighted by Gasteiger charge is -2.48. The fourth-order valence-electron chi connectivity index (χ4n) is 4.66. The largest absolute Gasteiger partial charge is 0.496 e. The Morgan fingerprint density at radius 2 is 1.83 bits per heavy atom. The zero-order valence-corrected chi connectivity index (χ0v) is 18.8. The average molecular weight is 412 g/mol. The van der Waals surface area contributed by atoms with E-state index in [1.165, 1.54) is 0 Å². The van der Waals surface area contributed by atoms with Gasteiger partial charge in [0.1, 0.15) is 5.75 Å². The third kappa shape index (κ3) is 3.94. The number of anilines is 1. The zero-order valence-electron chi connectivity index (χ0n) is 18.0. The lowest BCUT2D eigenvalue weighted by molar-refractivity contribution is 0.161. The number of nitrogens with one attached hydrogen (secondary N) is 1. The maximum atomic E-state index is 5.63. The van der Waals surface area contributed by atoms with Crippen LogP contribution in [0.3, 0.4) is 0 Å². The summed E-state index contributed by atoms with van der Waals surface area (Å²) in [5, 5.41) is 15.6. The molecule has 1 saturated heterocycles. The van der Waals surface area contributed by atoms with Gasteiger partial charge in [-0.3, -0.25) is 4.98 Å². The van der Waals surface area contributed by atoms with Crippen molar-refractivity contribution in [1.29, 1.82) is 0 Å². The number of aromatic nitrogens is 3. The Hall–Kier alpha value is -2.25. The summed E-state index contributed by atoms with van der Waals surface area (Å²) < 4.78 is 5.63. The van der Waals surface area contributed by atoms with Crippen LogP contribution in [0.5, 0.6) is 5.75 Å². The summed E-state index contributed by atoms with van der Waals surface area (Å²) in [5.41, 5.74) is 1.96. The van der Waals surface area contributed by atoms with Crippen LogP contribution in [0.25, 0.3) is 21.5 Å². The smallest absolute Gasteiger partial charge is 0.208 e. The summed E-state index contributed by atoms with van der Waals surface area (Å²) in [7, 11) is 3.81. The molecule has 1 aliphatic rings. The highest BCUT2D eigenvalue weighted by molar-refractivity contribution is 7.18. The summed E-state index contributed by atoms with van der Waals surface area (Å²) in [4.78, 5) is 6.87. The topological polar surface area (TPSA) is 63.2 Å². The summed E-state index contributed by atoms with van der Waals surface area (Å²) in [6.07, 6.45) is 3.92. The van der Waals surface area contributed by atoms with Crippen molar-refractivity contribution in [2.45, 2.75) is 57.7 Å². The van der Waals surface area contributed by atoms with Crippen molar-refractivity contribution < 1.29 is 4.74 Å². The van der Waals surface area contributed by atoms with Gasteiger partial charge in [0.2, 0.25) is 5.13 Å². The second-order valence-corrected chi connectivity index (χ2v) is 10.1. The van der Waals surface area contributed by atoms with Crippen molar-refractivity contribution in [2.24, 2.45) is 0 Å². The van der Waals surface area contributed by atoms with Crippen LogP contribution in [0.15, 0.2) is 30.5 Å². The summed E-state index contributed by atoms with van der Waals surface area (Å²) in [5.74, 6) is 0.769. The fourth-order valence-corrected chi connectivity index (χ4v) is 5.59. The Bertz CT molecular complexity index is 1010. The number of nitrogens with zero attached hydrogens (tertiary/aromatic N) is 4. The highest BCUT2D eigenvalue weighted by Gasteiger charge is 2.39. The summed E-state index contributed by atoms with van der Waals surface area (Å²) in [6, 6.07) is 8.39. The molecule has 2 aromatic heterocycles. The summed E-state index contributed by atoms with van der Waals surface area (Å²) >= 11 is 1.60. The molecule has 0 atom stereocenters. The number of ether oxygens (including phenoxy) is 1. The van der Waals surface area contributed by atoms with E-state index in [1.807, 2.05) is 18.2 Å². The molecule has 0 bridgehead atoms. The van der Waals surface area contributed by atoms with Crippen LogP contribution in [-0.4, -0.2) is 46.5 Å². The van der Waals surface area contributed by atoms with Gasteiger partial charge in [-0.2, -0.15) is 0 Å². The van der Waals surface area contributed by atoms with E-state index in [0.29, 0.717) is 6.04 Å². The van der Waals surface area contributed by atoms with Gasteiger partial charge in [-0.25, -0.2) is 0 Å². The molecule has 0 amide bonds. The molecule has 0 aliphatic carbocycles. The van der Waals surface area contributed by atoms with Crippen LogP contribution < -0.4 is 15.0 Å². The van der Waals surface area contributed by atoms with Gasteiger partial charge in [0.15, 0.2) is 5.01 Å². The lowest BCUT2D eigenvalue weighted by atomic mass is 9.79. The van der Waals surface area contributed by atoms with Crippen molar-refractivity contribution in [3.05, 3.63) is 30.5 Å². The van der Waals surface area contributed by atoms with Gasteiger partial charge in [0, 0.05) is 35.8 Å². The molecule has 0 unspecified atom stereocenters. The maximum absolute atomic E-state index is 5.63. The van der Waals surface area contributed by atoms with E-state index >= 15 is 0 Å². The van der Waals surface area contributed by atoms with E-state index in [2.05, 4.69) is 66.2 Å². The second-order valence-electron chi connectivity index (χ2n) is 9.17. The molecule has 4 rings (SSSR count). The quantitative estimate of drug-likeness (QED) is 0.682. The molecular formula is C22H29N5OS. The van der Waals surface area contributed by atoms with Crippen LogP contribution in [0, 0.1) is 0 Å². The Kier molecular flexibility index (Phi) is 4.99. The Labute approximate surface area is 176 Å². The van der Waals surface area contributed by atoms with E-state index in [9.17, 15) is 0 Å². The first-order chi connectivity index (χ1) is 13.7. The molecule has 154 valence electrons. The predicted octanol–water partition coefficient (Wildman–Crippen LogP) is 4.51. The molecule has 1 N–H and O–H groups in total. The standard InChI is InChI=1S/C22H29N5OS/c1-21(2)12-15(13-22(3,4)26-21)27(5)20-25-24-19(29-20)17-16(28-6)10-9-14-8-7-11-23-18(14)17/h7-11,15,26H,12-13H2,1-6H3. The minimum Gasteiger partial charge on any atom is -0.496 e.